The Morgan fingerprint density at radius 3 is 2.44 bits per heavy atom. The molecule has 1 aromatic rings. The van der Waals surface area contributed by atoms with Crippen molar-refractivity contribution in [2.45, 2.75) is 13.0 Å². The predicted octanol–water partition coefficient (Wildman–Crippen LogP) is 0.989. The third-order valence-corrected chi connectivity index (χ3v) is 2.27. The highest BCUT2D eigenvalue weighted by atomic mass is 35.5. The van der Waals surface area contributed by atoms with Gasteiger partial charge >= 0.3 is 0 Å². The molecule has 0 spiro atoms. The van der Waals surface area contributed by atoms with E-state index in [2.05, 4.69) is 9.98 Å². The van der Waals surface area contributed by atoms with Gasteiger partial charge in [-0.3, -0.25) is 0 Å². The number of benzene rings is 1. The summed E-state index contributed by atoms with van der Waals surface area (Å²) >= 11 is 6.01. The Morgan fingerprint density at radius 1 is 1.25 bits per heavy atom. The second-order valence-corrected chi connectivity index (χ2v) is 3.63. The Balaban J connectivity index is 2.92. The minimum absolute atomic E-state index is 0.0346. The van der Waals surface area contributed by atoms with Gasteiger partial charge in [-0.05, 0) is 18.6 Å². The molecule has 0 aromatic heterocycles. The molecule has 0 aliphatic heterocycles. The Hall–Kier alpha value is -1.75. The lowest BCUT2D eigenvalue weighted by Gasteiger charge is -2.08. The standard InChI is InChI=1S/C10H14ClN5/c1-6(15-10(14)16-9(12)13)7-4-2-3-5-8(7)11/h2-6H,1H3,(H6,12,13,14,15,16). The van der Waals surface area contributed by atoms with E-state index in [4.69, 9.17) is 28.8 Å². The molecular formula is C10H14ClN5. The molecule has 86 valence electrons. The molecule has 1 aromatic carbocycles. The van der Waals surface area contributed by atoms with Crippen molar-refractivity contribution in [1.82, 2.24) is 0 Å². The molecule has 0 saturated heterocycles. The van der Waals surface area contributed by atoms with Crippen LogP contribution in [0.3, 0.4) is 0 Å². The van der Waals surface area contributed by atoms with Gasteiger partial charge in [-0.2, -0.15) is 4.99 Å². The maximum Gasteiger partial charge on any atom is 0.219 e. The van der Waals surface area contributed by atoms with Gasteiger partial charge in [-0.15, -0.1) is 0 Å². The van der Waals surface area contributed by atoms with E-state index >= 15 is 0 Å². The van der Waals surface area contributed by atoms with Crippen LogP contribution in [0, 0.1) is 0 Å². The summed E-state index contributed by atoms with van der Waals surface area (Å²) in [7, 11) is 0. The zero-order valence-corrected chi connectivity index (χ0v) is 9.65. The van der Waals surface area contributed by atoms with E-state index in [0.717, 1.165) is 5.56 Å². The van der Waals surface area contributed by atoms with Crippen molar-refractivity contribution >= 4 is 23.5 Å². The molecule has 6 heteroatoms. The van der Waals surface area contributed by atoms with Crippen molar-refractivity contribution in [2.24, 2.45) is 27.2 Å². The molecule has 1 rings (SSSR count). The van der Waals surface area contributed by atoms with E-state index in [-0.39, 0.29) is 18.0 Å². The second-order valence-electron chi connectivity index (χ2n) is 3.22. The van der Waals surface area contributed by atoms with Gasteiger partial charge in [0.1, 0.15) is 0 Å². The summed E-state index contributed by atoms with van der Waals surface area (Å²) in [5.41, 5.74) is 16.8. The highest BCUT2D eigenvalue weighted by Crippen LogP contribution is 2.24. The van der Waals surface area contributed by atoms with Crippen LogP contribution in [0.1, 0.15) is 18.5 Å². The summed E-state index contributed by atoms with van der Waals surface area (Å²) in [5, 5.41) is 0.635. The van der Waals surface area contributed by atoms with Crippen LogP contribution in [0.2, 0.25) is 5.02 Å². The first kappa shape index (κ1) is 12.3. The zero-order valence-electron chi connectivity index (χ0n) is 8.89. The molecule has 0 amide bonds. The summed E-state index contributed by atoms with van der Waals surface area (Å²) in [6, 6.07) is 7.20. The minimum Gasteiger partial charge on any atom is -0.370 e. The number of hydrogen-bond acceptors (Lipinski definition) is 1. The lowest BCUT2D eigenvalue weighted by molar-refractivity contribution is 0.816. The molecular weight excluding hydrogens is 226 g/mol. The van der Waals surface area contributed by atoms with Crippen molar-refractivity contribution in [1.29, 1.82) is 0 Å². The van der Waals surface area contributed by atoms with Gasteiger partial charge in [0.2, 0.25) is 5.96 Å². The van der Waals surface area contributed by atoms with Gasteiger partial charge in [0.25, 0.3) is 0 Å². The average Bonchev–Trinajstić information content (AvgIpc) is 2.16. The van der Waals surface area contributed by atoms with E-state index in [0.29, 0.717) is 5.02 Å². The normalized spacial score (nSPS) is 13.2. The summed E-state index contributed by atoms with van der Waals surface area (Å²) in [6.07, 6.45) is 0. The second kappa shape index (κ2) is 5.37. The average molecular weight is 240 g/mol. The van der Waals surface area contributed by atoms with Crippen LogP contribution in [0.4, 0.5) is 0 Å². The molecule has 1 atom stereocenters. The monoisotopic (exact) mass is 239 g/mol. The fourth-order valence-corrected chi connectivity index (χ4v) is 1.54. The summed E-state index contributed by atoms with van der Waals surface area (Å²) in [4.78, 5) is 7.74. The molecule has 1 unspecified atom stereocenters. The van der Waals surface area contributed by atoms with Gasteiger partial charge in [-0.25, -0.2) is 4.99 Å². The summed E-state index contributed by atoms with van der Waals surface area (Å²) < 4.78 is 0. The topological polar surface area (TPSA) is 103 Å². The minimum atomic E-state index is -0.197. The van der Waals surface area contributed by atoms with Gasteiger partial charge in [0.15, 0.2) is 5.96 Å². The van der Waals surface area contributed by atoms with Crippen molar-refractivity contribution < 1.29 is 0 Å². The van der Waals surface area contributed by atoms with Gasteiger partial charge in [0.05, 0.1) is 6.04 Å². The Kier molecular flexibility index (Phi) is 4.13. The first-order valence-electron chi connectivity index (χ1n) is 4.68. The number of nitrogens with zero attached hydrogens (tertiary/aromatic N) is 2. The van der Waals surface area contributed by atoms with Crippen LogP contribution in [-0.2, 0) is 0 Å². The van der Waals surface area contributed by atoms with Crippen molar-refractivity contribution in [3.05, 3.63) is 34.9 Å². The maximum atomic E-state index is 6.01. The van der Waals surface area contributed by atoms with Crippen LogP contribution >= 0.6 is 11.6 Å². The first-order valence-corrected chi connectivity index (χ1v) is 5.06. The van der Waals surface area contributed by atoms with Crippen LogP contribution in [0.15, 0.2) is 34.3 Å². The molecule has 6 N–H and O–H groups in total. The fourth-order valence-electron chi connectivity index (χ4n) is 1.24. The molecule has 0 radical (unpaired) electrons. The number of nitrogens with two attached hydrogens (primary N) is 3. The van der Waals surface area contributed by atoms with Crippen molar-refractivity contribution in [3.63, 3.8) is 0 Å². The molecule has 0 aliphatic carbocycles. The highest BCUT2D eigenvalue weighted by Gasteiger charge is 2.07. The van der Waals surface area contributed by atoms with Gasteiger partial charge in [0, 0.05) is 5.02 Å². The molecule has 0 heterocycles. The van der Waals surface area contributed by atoms with E-state index in [9.17, 15) is 0 Å². The third kappa shape index (κ3) is 3.43. The predicted molar refractivity (Wildman–Crippen MR) is 67.3 cm³/mol. The van der Waals surface area contributed by atoms with Crippen LogP contribution < -0.4 is 17.2 Å². The molecule has 0 aliphatic rings. The number of hydrogen-bond donors (Lipinski definition) is 3. The summed E-state index contributed by atoms with van der Waals surface area (Å²) in [6.45, 7) is 1.86. The molecule has 0 bridgehead atoms. The summed E-state index contributed by atoms with van der Waals surface area (Å²) in [5.74, 6) is -0.0833. The van der Waals surface area contributed by atoms with Gasteiger partial charge < -0.3 is 17.2 Å². The first-order chi connectivity index (χ1) is 7.50. The van der Waals surface area contributed by atoms with Crippen molar-refractivity contribution in [2.75, 3.05) is 0 Å². The zero-order chi connectivity index (χ0) is 12.1. The molecule has 0 fully saturated rings. The van der Waals surface area contributed by atoms with Gasteiger partial charge in [-0.1, -0.05) is 29.8 Å². The lowest BCUT2D eigenvalue weighted by atomic mass is 10.1. The lowest BCUT2D eigenvalue weighted by Crippen LogP contribution is -2.26. The van der Waals surface area contributed by atoms with Crippen LogP contribution in [0.25, 0.3) is 0 Å². The maximum absolute atomic E-state index is 6.01. The number of guanidine groups is 2. The molecule has 0 saturated carbocycles. The van der Waals surface area contributed by atoms with Crippen LogP contribution in [-0.4, -0.2) is 11.9 Å². The van der Waals surface area contributed by atoms with E-state index in [1.54, 1.807) is 6.07 Å². The molecule has 16 heavy (non-hydrogen) atoms. The Morgan fingerprint density at radius 2 is 1.88 bits per heavy atom. The number of halogens is 1. The van der Waals surface area contributed by atoms with E-state index in [1.807, 2.05) is 25.1 Å². The van der Waals surface area contributed by atoms with Crippen LogP contribution in [0.5, 0.6) is 0 Å². The largest absolute Gasteiger partial charge is 0.370 e. The highest BCUT2D eigenvalue weighted by molar-refractivity contribution is 6.31. The quantitative estimate of drug-likeness (QED) is 0.530. The Labute approximate surface area is 99.0 Å². The smallest absolute Gasteiger partial charge is 0.219 e. The molecule has 5 nitrogen and oxygen atoms in total. The Bertz CT molecular complexity index is 423. The van der Waals surface area contributed by atoms with E-state index < -0.39 is 0 Å². The number of rotatable bonds is 2. The third-order valence-electron chi connectivity index (χ3n) is 1.92. The fraction of sp³-hybridized carbons (Fsp3) is 0.200. The number of aliphatic imine (C=N–C) groups is 2. The van der Waals surface area contributed by atoms with E-state index in [1.165, 1.54) is 0 Å². The SMILES string of the molecule is CC(N=C(N)N=C(N)N)c1ccccc1Cl. The van der Waals surface area contributed by atoms with Crippen molar-refractivity contribution in [3.8, 4) is 0 Å².